The van der Waals surface area contributed by atoms with E-state index in [0.29, 0.717) is 56.4 Å². The molecule has 0 saturated carbocycles. The number of benzene rings is 2. The standard InChI is InChI=1S/C33H42N4O4/c38-30(37-20-13-27(14-21-37)23-26-9-2-1-3-10-26)24-36-19-8-16-33(25-36)15-6-7-22-41-29-12-5-4-11-28(29)31(39)34-17-18-35-32(33)40/h1-7,9-12,27H,8,13-25H2,(H,34,39)(H,35,40)/b7-6-. The van der Waals surface area contributed by atoms with Crippen molar-refractivity contribution in [3.05, 3.63) is 77.9 Å². The molecule has 3 aliphatic rings. The summed E-state index contributed by atoms with van der Waals surface area (Å²) in [6.07, 6.45) is 9.24. The number of para-hydroxylation sites is 1. The number of nitrogens with one attached hydrogen (secondary N) is 2. The van der Waals surface area contributed by atoms with Gasteiger partial charge in [0.1, 0.15) is 12.4 Å². The first kappa shape index (κ1) is 28.9. The Morgan fingerprint density at radius 1 is 0.927 bits per heavy atom. The van der Waals surface area contributed by atoms with Crippen LogP contribution in [0.25, 0.3) is 0 Å². The second-order valence-corrected chi connectivity index (χ2v) is 11.6. The van der Waals surface area contributed by atoms with Crippen LogP contribution in [0.2, 0.25) is 0 Å². The maximum atomic E-state index is 13.5. The minimum absolute atomic E-state index is 0.0198. The van der Waals surface area contributed by atoms with Crippen LogP contribution in [-0.2, 0) is 16.0 Å². The lowest BCUT2D eigenvalue weighted by atomic mass is 9.76. The quantitative estimate of drug-likeness (QED) is 0.562. The Labute approximate surface area is 243 Å². The number of allylic oxidation sites excluding steroid dienone is 1. The zero-order valence-electron chi connectivity index (χ0n) is 23.9. The van der Waals surface area contributed by atoms with Gasteiger partial charge in [0.2, 0.25) is 11.8 Å². The Hall–Kier alpha value is -3.65. The van der Waals surface area contributed by atoms with Crippen molar-refractivity contribution in [3.63, 3.8) is 0 Å². The third kappa shape index (κ3) is 7.55. The number of amides is 3. The first-order chi connectivity index (χ1) is 20.0. The fourth-order valence-electron chi connectivity index (χ4n) is 6.36. The summed E-state index contributed by atoms with van der Waals surface area (Å²) in [5, 5.41) is 5.94. The van der Waals surface area contributed by atoms with Crippen LogP contribution in [0.4, 0.5) is 0 Å². The number of likely N-dealkylation sites (tertiary alicyclic amines) is 2. The predicted molar refractivity (Wildman–Crippen MR) is 159 cm³/mol. The van der Waals surface area contributed by atoms with Crippen molar-refractivity contribution in [1.82, 2.24) is 20.4 Å². The minimum atomic E-state index is -0.621. The largest absolute Gasteiger partial charge is 0.489 e. The molecule has 0 radical (unpaired) electrons. The van der Waals surface area contributed by atoms with Crippen LogP contribution < -0.4 is 15.4 Å². The molecule has 1 atom stereocenters. The van der Waals surface area contributed by atoms with Crippen LogP contribution in [0, 0.1) is 11.3 Å². The van der Waals surface area contributed by atoms with Gasteiger partial charge in [-0.2, -0.15) is 0 Å². The topological polar surface area (TPSA) is 91.0 Å². The van der Waals surface area contributed by atoms with Gasteiger partial charge in [0, 0.05) is 32.7 Å². The van der Waals surface area contributed by atoms with Gasteiger partial charge in [-0.05, 0) is 68.7 Å². The average molecular weight is 559 g/mol. The zero-order valence-corrected chi connectivity index (χ0v) is 23.9. The van der Waals surface area contributed by atoms with Crippen molar-refractivity contribution >= 4 is 17.7 Å². The maximum absolute atomic E-state index is 13.5. The van der Waals surface area contributed by atoms with Crippen LogP contribution in [-0.4, -0.2) is 79.9 Å². The van der Waals surface area contributed by atoms with E-state index in [2.05, 4.69) is 39.8 Å². The summed E-state index contributed by atoms with van der Waals surface area (Å²) in [7, 11) is 0. The van der Waals surface area contributed by atoms with E-state index in [1.807, 2.05) is 29.2 Å². The molecule has 3 amide bonds. The number of carbonyl (C=O) groups is 3. The van der Waals surface area contributed by atoms with Gasteiger partial charge < -0.3 is 20.3 Å². The molecule has 0 aliphatic carbocycles. The van der Waals surface area contributed by atoms with Crippen molar-refractivity contribution in [2.75, 3.05) is 52.4 Å². The van der Waals surface area contributed by atoms with Gasteiger partial charge in [-0.15, -0.1) is 0 Å². The highest BCUT2D eigenvalue weighted by Gasteiger charge is 2.42. The molecule has 218 valence electrons. The Morgan fingerprint density at radius 2 is 1.68 bits per heavy atom. The van der Waals surface area contributed by atoms with E-state index in [0.717, 1.165) is 51.7 Å². The van der Waals surface area contributed by atoms with Crippen LogP contribution >= 0.6 is 0 Å². The lowest BCUT2D eigenvalue weighted by Gasteiger charge is -2.42. The fourth-order valence-corrected chi connectivity index (χ4v) is 6.36. The number of hydrogen-bond donors (Lipinski definition) is 2. The summed E-state index contributed by atoms with van der Waals surface area (Å²) in [6, 6.07) is 17.8. The molecule has 2 aromatic rings. The molecule has 2 fully saturated rings. The van der Waals surface area contributed by atoms with Crippen LogP contribution in [0.5, 0.6) is 5.75 Å². The van der Waals surface area contributed by atoms with Gasteiger partial charge in [0.15, 0.2) is 0 Å². The molecule has 2 aromatic carbocycles. The van der Waals surface area contributed by atoms with E-state index in [4.69, 9.17) is 4.74 Å². The molecule has 2 N–H and O–H groups in total. The maximum Gasteiger partial charge on any atom is 0.255 e. The summed E-state index contributed by atoms with van der Waals surface area (Å²) < 4.78 is 5.88. The van der Waals surface area contributed by atoms with E-state index < -0.39 is 5.41 Å². The molecule has 0 aromatic heterocycles. The lowest BCUT2D eigenvalue weighted by Crippen LogP contribution is -2.54. The zero-order chi connectivity index (χ0) is 28.5. The van der Waals surface area contributed by atoms with Crippen LogP contribution in [0.15, 0.2) is 66.7 Å². The highest BCUT2D eigenvalue weighted by Crippen LogP contribution is 2.35. The third-order valence-corrected chi connectivity index (χ3v) is 8.67. The third-order valence-electron chi connectivity index (χ3n) is 8.67. The summed E-state index contributed by atoms with van der Waals surface area (Å²) in [6.45, 7) is 4.27. The number of hydrogen-bond acceptors (Lipinski definition) is 5. The lowest BCUT2D eigenvalue weighted by molar-refractivity contribution is -0.139. The number of fused-ring (bicyclic) bond motifs is 1. The highest BCUT2D eigenvalue weighted by molar-refractivity contribution is 5.97. The summed E-state index contributed by atoms with van der Waals surface area (Å²) in [5.74, 6) is 1.07. The molecule has 8 heteroatoms. The number of carbonyl (C=O) groups excluding carboxylic acids is 3. The Bertz CT molecular complexity index is 1220. The van der Waals surface area contributed by atoms with Gasteiger partial charge in [-0.25, -0.2) is 0 Å². The molecule has 8 nitrogen and oxygen atoms in total. The van der Waals surface area contributed by atoms with Gasteiger partial charge in [0.05, 0.1) is 17.5 Å². The molecule has 3 heterocycles. The minimum Gasteiger partial charge on any atom is -0.489 e. The molecular formula is C33H42N4O4. The Balaban J connectivity index is 1.18. The van der Waals surface area contributed by atoms with E-state index in [1.165, 1.54) is 5.56 Å². The van der Waals surface area contributed by atoms with Crippen molar-refractivity contribution in [3.8, 4) is 5.75 Å². The molecule has 41 heavy (non-hydrogen) atoms. The second-order valence-electron chi connectivity index (χ2n) is 11.6. The SMILES string of the molecule is O=C1NCCNC(=O)C2(C/C=C\COc3ccccc31)CCCN(CC(=O)N1CCC(Cc3ccccc3)CC1)C2. The number of ether oxygens (including phenoxy) is 1. The monoisotopic (exact) mass is 558 g/mol. The average Bonchev–Trinajstić information content (AvgIpc) is 3.00. The molecule has 0 bridgehead atoms. The van der Waals surface area contributed by atoms with Gasteiger partial charge in [-0.3, -0.25) is 19.3 Å². The van der Waals surface area contributed by atoms with Crippen molar-refractivity contribution < 1.29 is 19.1 Å². The summed E-state index contributed by atoms with van der Waals surface area (Å²) in [5.41, 5.74) is 1.22. The first-order valence-corrected chi connectivity index (χ1v) is 15.0. The summed E-state index contributed by atoms with van der Waals surface area (Å²) in [4.78, 5) is 43.7. The smallest absolute Gasteiger partial charge is 0.255 e. The number of nitrogens with zero attached hydrogens (tertiary/aromatic N) is 2. The van der Waals surface area contributed by atoms with E-state index in [-0.39, 0.29) is 17.7 Å². The molecular weight excluding hydrogens is 516 g/mol. The summed E-state index contributed by atoms with van der Waals surface area (Å²) >= 11 is 0. The van der Waals surface area contributed by atoms with Crippen molar-refractivity contribution in [2.45, 2.75) is 38.5 Å². The van der Waals surface area contributed by atoms with Gasteiger partial charge >= 0.3 is 0 Å². The highest BCUT2D eigenvalue weighted by atomic mass is 16.5. The molecule has 2 saturated heterocycles. The predicted octanol–water partition coefficient (Wildman–Crippen LogP) is 3.43. The van der Waals surface area contributed by atoms with Crippen molar-refractivity contribution in [1.29, 1.82) is 0 Å². The van der Waals surface area contributed by atoms with E-state index in [1.54, 1.807) is 18.2 Å². The van der Waals surface area contributed by atoms with Gasteiger partial charge in [-0.1, -0.05) is 54.6 Å². The van der Waals surface area contributed by atoms with Crippen molar-refractivity contribution in [2.24, 2.45) is 11.3 Å². The van der Waals surface area contributed by atoms with Gasteiger partial charge in [0.25, 0.3) is 5.91 Å². The van der Waals surface area contributed by atoms with Crippen LogP contribution in [0.3, 0.4) is 0 Å². The van der Waals surface area contributed by atoms with E-state index >= 15 is 0 Å². The molecule has 1 unspecified atom stereocenters. The van der Waals surface area contributed by atoms with Crippen LogP contribution in [0.1, 0.15) is 48.0 Å². The second kappa shape index (κ2) is 13.8. The molecule has 3 aliphatic heterocycles. The molecule has 1 spiro atoms. The van der Waals surface area contributed by atoms with E-state index in [9.17, 15) is 14.4 Å². The Morgan fingerprint density at radius 3 is 2.51 bits per heavy atom. The normalized spacial score (nSPS) is 24.0. The number of piperidine rings is 2. The Kier molecular flexibility index (Phi) is 9.72. The molecule has 5 rings (SSSR count). The first-order valence-electron chi connectivity index (χ1n) is 15.0. The fraction of sp³-hybridized carbons (Fsp3) is 0.485. The number of rotatable bonds is 4.